The fourth-order valence-corrected chi connectivity index (χ4v) is 1.55. The Balaban J connectivity index is 3.96. The van der Waals surface area contributed by atoms with Crippen LogP contribution in [0.1, 0.15) is 39.5 Å². The van der Waals surface area contributed by atoms with Crippen LogP contribution in [0.2, 0.25) is 0 Å². The molecule has 0 bridgehead atoms. The second-order valence-electron chi connectivity index (χ2n) is 3.35. The third-order valence-electron chi connectivity index (χ3n) is 2.10. The van der Waals surface area contributed by atoms with E-state index in [1.165, 1.54) is 7.11 Å². The van der Waals surface area contributed by atoms with Crippen molar-refractivity contribution in [3.05, 3.63) is 0 Å². The fraction of sp³-hybridized carbons (Fsp3) is 0.818. The van der Waals surface area contributed by atoms with Crippen LogP contribution in [0.15, 0.2) is 4.99 Å². The summed E-state index contributed by atoms with van der Waals surface area (Å²) in [7, 11) is 1.37. The lowest BCUT2D eigenvalue weighted by Gasteiger charge is -2.06. The first kappa shape index (κ1) is 14.4. The minimum absolute atomic E-state index is 0.162. The molecule has 88 valence electrons. The van der Waals surface area contributed by atoms with Crippen LogP contribution in [-0.2, 0) is 9.53 Å². The van der Waals surface area contributed by atoms with Gasteiger partial charge in [0.15, 0.2) is 0 Å². The normalized spacial score (nSPS) is 13.7. The summed E-state index contributed by atoms with van der Waals surface area (Å²) >= 11 is 6.04. The summed E-state index contributed by atoms with van der Waals surface area (Å²) in [5.41, 5.74) is 0.498. The monoisotopic (exact) mass is 233 g/mol. The standard InChI is InChI=1S/C11H20ClNO2/c1-4-6-9(12)7-8-13-10(5-2)11(14)15-3/h9H,4-8H2,1-3H3. The Morgan fingerprint density at radius 3 is 2.53 bits per heavy atom. The molecule has 0 aromatic heterocycles. The Morgan fingerprint density at radius 2 is 2.07 bits per heavy atom. The van der Waals surface area contributed by atoms with Crippen molar-refractivity contribution in [3.8, 4) is 0 Å². The largest absolute Gasteiger partial charge is 0.465 e. The molecule has 0 aliphatic rings. The summed E-state index contributed by atoms with van der Waals surface area (Å²) in [6.07, 6.45) is 3.50. The number of hydrogen-bond donors (Lipinski definition) is 0. The molecule has 0 heterocycles. The summed E-state index contributed by atoms with van der Waals surface area (Å²) in [6.45, 7) is 4.59. The summed E-state index contributed by atoms with van der Waals surface area (Å²) in [6, 6.07) is 0. The number of carbonyl (C=O) groups is 1. The first-order valence-corrected chi connectivity index (χ1v) is 5.85. The molecule has 0 aromatic carbocycles. The predicted molar refractivity (Wildman–Crippen MR) is 63.8 cm³/mol. The van der Waals surface area contributed by atoms with Gasteiger partial charge < -0.3 is 4.74 Å². The molecule has 3 nitrogen and oxygen atoms in total. The van der Waals surface area contributed by atoms with E-state index in [0.717, 1.165) is 19.3 Å². The summed E-state index contributed by atoms with van der Waals surface area (Å²) in [5.74, 6) is -0.334. The molecule has 0 fully saturated rings. The maximum Gasteiger partial charge on any atom is 0.351 e. The van der Waals surface area contributed by atoms with Gasteiger partial charge in [0.05, 0.1) is 7.11 Å². The van der Waals surface area contributed by atoms with Crippen LogP contribution in [-0.4, -0.2) is 30.7 Å². The quantitative estimate of drug-likeness (QED) is 0.385. The van der Waals surface area contributed by atoms with E-state index in [1.807, 2.05) is 6.92 Å². The minimum atomic E-state index is -0.334. The van der Waals surface area contributed by atoms with Crippen molar-refractivity contribution in [3.63, 3.8) is 0 Å². The minimum Gasteiger partial charge on any atom is -0.465 e. The SMILES string of the molecule is CCCC(Cl)CCN=C(CC)C(=O)OC. The molecule has 15 heavy (non-hydrogen) atoms. The van der Waals surface area contributed by atoms with Gasteiger partial charge in [-0.2, -0.15) is 0 Å². The van der Waals surface area contributed by atoms with Gasteiger partial charge in [0.2, 0.25) is 0 Å². The summed E-state index contributed by atoms with van der Waals surface area (Å²) in [4.78, 5) is 15.4. The summed E-state index contributed by atoms with van der Waals surface area (Å²) in [5, 5.41) is 0.162. The molecular formula is C11H20ClNO2. The highest BCUT2D eigenvalue weighted by Crippen LogP contribution is 2.09. The first-order chi connectivity index (χ1) is 7.15. The zero-order valence-electron chi connectivity index (χ0n) is 9.75. The van der Waals surface area contributed by atoms with E-state index in [0.29, 0.717) is 18.7 Å². The Kier molecular flexibility index (Phi) is 8.38. The van der Waals surface area contributed by atoms with Crippen LogP contribution in [0.25, 0.3) is 0 Å². The number of esters is 1. The van der Waals surface area contributed by atoms with E-state index in [4.69, 9.17) is 11.6 Å². The van der Waals surface area contributed by atoms with Crippen molar-refractivity contribution in [2.45, 2.75) is 44.9 Å². The molecule has 0 rings (SSSR count). The molecule has 0 saturated carbocycles. The van der Waals surface area contributed by atoms with Gasteiger partial charge in [-0.1, -0.05) is 20.3 Å². The van der Waals surface area contributed by atoms with Crippen molar-refractivity contribution < 1.29 is 9.53 Å². The number of hydrogen-bond acceptors (Lipinski definition) is 3. The second kappa shape index (κ2) is 8.72. The van der Waals surface area contributed by atoms with E-state index < -0.39 is 0 Å². The van der Waals surface area contributed by atoms with Crippen LogP contribution >= 0.6 is 11.6 Å². The van der Waals surface area contributed by atoms with E-state index in [2.05, 4.69) is 16.7 Å². The van der Waals surface area contributed by atoms with Gasteiger partial charge in [0, 0.05) is 11.9 Å². The van der Waals surface area contributed by atoms with Crippen LogP contribution in [0.3, 0.4) is 0 Å². The van der Waals surface area contributed by atoms with E-state index in [-0.39, 0.29) is 11.3 Å². The average Bonchev–Trinajstić information content (AvgIpc) is 2.24. The highest BCUT2D eigenvalue weighted by Gasteiger charge is 2.08. The molecule has 0 amide bonds. The van der Waals surface area contributed by atoms with E-state index in [1.54, 1.807) is 0 Å². The number of halogens is 1. The average molecular weight is 234 g/mol. The van der Waals surface area contributed by atoms with Crippen LogP contribution in [0, 0.1) is 0 Å². The lowest BCUT2D eigenvalue weighted by Crippen LogP contribution is -2.15. The van der Waals surface area contributed by atoms with Crippen molar-refractivity contribution in [2.75, 3.05) is 13.7 Å². The third-order valence-corrected chi connectivity index (χ3v) is 2.54. The van der Waals surface area contributed by atoms with Gasteiger partial charge in [-0.05, 0) is 19.3 Å². The van der Waals surface area contributed by atoms with Crippen molar-refractivity contribution >= 4 is 23.3 Å². The molecule has 0 aliphatic heterocycles. The molecule has 0 N–H and O–H groups in total. The Labute approximate surface area is 96.9 Å². The maximum atomic E-state index is 11.2. The second-order valence-corrected chi connectivity index (χ2v) is 3.97. The molecular weight excluding hydrogens is 214 g/mol. The third kappa shape index (κ3) is 6.50. The van der Waals surface area contributed by atoms with Crippen LogP contribution < -0.4 is 0 Å². The first-order valence-electron chi connectivity index (χ1n) is 5.41. The Morgan fingerprint density at radius 1 is 1.40 bits per heavy atom. The fourth-order valence-electron chi connectivity index (χ4n) is 1.24. The molecule has 0 spiro atoms. The molecule has 0 radical (unpaired) electrons. The summed E-state index contributed by atoms with van der Waals surface area (Å²) < 4.78 is 4.61. The zero-order valence-corrected chi connectivity index (χ0v) is 10.5. The van der Waals surface area contributed by atoms with Gasteiger partial charge in [0.25, 0.3) is 0 Å². The Bertz CT molecular complexity index is 217. The molecule has 4 heteroatoms. The lowest BCUT2D eigenvalue weighted by molar-refractivity contribution is -0.132. The Hall–Kier alpha value is -0.570. The van der Waals surface area contributed by atoms with Gasteiger partial charge in [-0.15, -0.1) is 11.6 Å². The maximum absolute atomic E-state index is 11.2. The highest BCUT2D eigenvalue weighted by atomic mass is 35.5. The molecule has 0 aromatic rings. The van der Waals surface area contributed by atoms with Crippen molar-refractivity contribution in [1.82, 2.24) is 0 Å². The predicted octanol–water partition coefficient (Wildman–Crippen LogP) is 2.81. The topological polar surface area (TPSA) is 38.7 Å². The molecule has 0 saturated heterocycles. The van der Waals surface area contributed by atoms with Crippen molar-refractivity contribution in [2.24, 2.45) is 4.99 Å². The van der Waals surface area contributed by atoms with Crippen LogP contribution in [0.5, 0.6) is 0 Å². The number of alkyl halides is 1. The highest BCUT2D eigenvalue weighted by molar-refractivity contribution is 6.36. The number of nitrogens with zero attached hydrogens (tertiary/aromatic N) is 1. The zero-order chi connectivity index (χ0) is 11.7. The number of aliphatic imine (C=N–C) groups is 1. The van der Waals surface area contributed by atoms with E-state index >= 15 is 0 Å². The molecule has 0 aliphatic carbocycles. The van der Waals surface area contributed by atoms with Gasteiger partial charge in [-0.3, -0.25) is 4.99 Å². The molecule has 1 atom stereocenters. The van der Waals surface area contributed by atoms with Crippen LogP contribution in [0.4, 0.5) is 0 Å². The van der Waals surface area contributed by atoms with Gasteiger partial charge in [-0.25, -0.2) is 4.79 Å². The van der Waals surface area contributed by atoms with E-state index in [9.17, 15) is 4.79 Å². The lowest BCUT2D eigenvalue weighted by atomic mass is 10.2. The van der Waals surface area contributed by atoms with Gasteiger partial charge in [0.1, 0.15) is 5.71 Å². The number of methoxy groups -OCH3 is 1. The number of rotatable bonds is 7. The smallest absolute Gasteiger partial charge is 0.351 e. The number of ether oxygens (including phenoxy) is 1. The van der Waals surface area contributed by atoms with Gasteiger partial charge >= 0.3 is 5.97 Å². The molecule has 1 unspecified atom stereocenters. The number of carbonyl (C=O) groups excluding carboxylic acids is 1. The van der Waals surface area contributed by atoms with Crippen molar-refractivity contribution in [1.29, 1.82) is 0 Å².